The molecule has 1 aliphatic heterocycles. The van der Waals surface area contributed by atoms with Crippen LogP contribution in [0.4, 0.5) is 0 Å². The van der Waals surface area contributed by atoms with Gasteiger partial charge in [-0.05, 0) is 19.8 Å². The molecule has 106 valence electrons. The van der Waals surface area contributed by atoms with Gasteiger partial charge in [-0.1, -0.05) is 51.4 Å². The molecule has 1 aliphatic rings. The number of cyclic esters (lactones) is 1. The Hall–Kier alpha value is -0.570. The highest BCUT2D eigenvalue weighted by atomic mass is 16.6. The fourth-order valence-corrected chi connectivity index (χ4v) is 2.24. The van der Waals surface area contributed by atoms with Crippen LogP contribution in [0.2, 0.25) is 0 Å². The van der Waals surface area contributed by atoms with E-state index in [4.69, 9.17) is 9.47 Å². The topological polar surface area (TPSA) is 35.5 Å². The van der Waals surface area contributed by atoms with Gasteiger partial charge in [-0.2, -0.15) is 0 Å². The number of ether oxygens (including phenoxy) is 2. The van der Waals surface area contributed by atoms with E-state index in [0.717, 1.165) is 12.8 Å². The Kier molecular flexibility index (Phi) is 8.92. The van der Waals surface area contributed by atoms with E-state index in [-0.39, 0.29) is 5.97 Å². The van der Waals surface area contributed by atoms with Crippen LogP contribution in [-0.4, -0.2) is 25.3 Å². The molecule has 1 saturated heterocycles. The van der Waals surface area contributed by atoms with E-state index in [9.17, 15) is 4.79 Å². The molecule has 1 unspecified atom stereocenters. The normalized spacial score (nSPS) is 26.5. The summed E-state index contributed by atoms with van der Waals surface area (Å²) in [7, 11) is 0. The second-order valence-corrected chi connectivity index (χ2v) is 5.22. The molecule has 0 radical (unpaired) electrons. The van der Waals surface area contributed by atoms with Crippen LogP contribution in [0.5, 0.6) is 0 Å². The summed E-state index contributed by atoms with van der Waals surface area (Å²) in [5.41, 5.74) is 0. The van der Waals surface area contributed by atoms with Crippen LogP contribution in [0.1, 0.15) is 71.1 Å². The molecule has 0 aliphatic carbocycles. The van der Waals surface area contributed by atoms with E-state index in [2.05, 4.69) is 0 Å². The van der Waals surface area contributed by atoms with Gasteiger partial charge >= 0.3 is 5.97 Å². The molecule has 3 nitrogen and oxygen atoms in total. The van der Waals surface area contributed by atoms with Gasteiger partial charge in [-0.15, -0.1) is 0 Å². The van der Waals surface area contributed by atoms with Crippen LogP contribution in [0, 0.1) is 0 Å². The SMILES string of the molecule is CC1OCCCCCCCCCCCCOC1=O. The molecule has 0 aromatic carbocycles. The monoisotopic (exact) mass is 256 g/mol. The van der Waals surface area contributed by atoms with Crippen molar-refractivity contribution in [3.8, 4) is 0 Å². The molecule has 18 heavy (non-hydrogen) atoms. The zero-order chi connectivity index (χ0) is 13.1. The number of hydrogen-bond acceptors (Lipinski definition) is 3. The zero-order valence-corrected chi connectivity index (χ0v) is 11.8. The first kappa shape index (κ1) is 15.5. The Morgan fingerprint density at radius 1 is 0.778 bits per heavy atom. The first-order valence-electron chi connectivity index (χ1n) is 7.59. The van der Waals surface area contributed by atoms with Crippen molar-refractivity contribution >= 4 is 5.97 Å². The molecule has 0 aromatic rings. The second kappa shape index (κ2) is 10.4. The van der Waals surface area contributed by atoms with Crippen molar-refractivity contribution in [3.05, 3.63) is 0 Å². The van der Waals surface area contributed by atoms with Crippen LogP contribution in [0.25, 0.3) is 0 Å². The molecule has 0 bridgehead atoms. The van der Waals surface area contributed by atoms with E-state index >= 15 is 0 Å². The van der Waals surface area contributed by atoms with Gasteiger partial charge < -0.3 is 9.47 Å². The van der Waals surface area contributed by atoms with Crippen LogP contribution >= 0.6 is 0 Å². The molecule has 0 spiro atoms. The smallest absolute Gasteiger partial charge is 0.334 e. The number of carbonyl (C=O) groups is 1. The Morgan fingerprint density at radius 2 is 1.22 bits per heavy atom. The highest BCUT2D eigenvalue weighted by Gasteiger charge is 2.14. The minimum Gasteiger partial charge on any atom is -0.464 e. The lowest BCUT2D eigenvalue weighted by molar-refractivity contribution is -0.156. The number of rotatable bonds is 0. The second-order valence-electron chi connectivity index (χ2n) is 5.22. The van der Waals surface area contributed by atoms with Gasteiger partial charge in [0.05, 0.1) is 6.61 Å². The highest BCUT2D eigenvalue weighted by molar-refractivity contribution is 5.74. The summed E-state index contributed by atoms with van der Waals surface area (Å²) in [6, 6.07) is 0. The quantitative estimate of drug-likeness (QED) is 0.618. The molecule has 0 aromatic heterocycles. The molecule has 1 heterocycles. The highest BCUT2D eigenvalue weighted by Crippen LogP contribution is 2.11. The Balaban J connectivity index is 2.22. The summed E-state index contributed by atoms with van der Waals surface area (Å²) < 4.78 is 10.7. The van der Waals surface area contributed by atoms with Gasteiger partial charge in [0.15, 0.2) is 6.10 Å². The van der Waals surface area contributed by atoms with Crippen LogP contribution in [0.3, 0.4) is 0 Å². The summed E-state index contributed by atoms with van der Waals surface area (Å²) >= 11 is 0. The fraction of sp³-hybridized carbons (Fsp3) is 0.933. The third-order valence-corrected chi connectivity index (χ3v) is 3.48. The third kappa shape index (κ3) is 7.70. The summed E-state index contributed by atoms with van der Waals surface area (Å²) in [5.74, 6) is -0.206. The van der Waals surface area contributed by atoms with E-state index < -0.39 is 6.10 Å². The first-order chi connectivity index (χ1) is 8.80. The van der Waals surface area contributed by atoms with Crippen molar-refractivity contribution in [2.75, 3.05) is 13.2 Å². The number of hydrogen-bond donors (Lipinski definition) is 0. The standard InChI is InChI=1S/C15H28O3/c1-14-15(16)18-13-11-9-7-5-3-2-4-6-8-10-12-17-14/h14H,2-13H2,1H3. The summed E-state index contributed by atoms with van der Waals surface area (Å²) in [6.45, 7) is 3.01. The van der Waals surface area contributed by atoms with Gasteiger partial charge in [0.2, 0.25) is 0 Å². The van der Waals surface area contributed by atoms with Crippen LogP contribution in [0.15, 0.2) is 0 Å². The Labute approximate surface area is 111 Å². The maximum atomic E-state index is 11.6. The molecule has 0 N–H and O–H groups in total. The minimum absolute atomic E-state index is 0.206. The van der Waals surface area contributed by atoms with Gasteiger partial charge in [0.1, 0.15) is 0 Å². The van der Waals surface area contributed by atoms with Crippen molar-refractivity contribution < 1.29 is 14.3 Å². The summed E-state index contributed by atoms with van der Waals surface area (Å²) in [4.78, 5) is 11.6. The van der Waals surface area contributed by atoms with Gasteiger partial charge in [0.25, 0.3) is 0 Å². The van der Waals surface area contributed by atoms with Crippen molar-refractivity contribution in [1.82, 2.24) is 0 Å². The fourth-order valence-electron chi connectivity index (χ4n) is 2.24. The van der Waals surface area contributed by atoms with Crippen LogP contribution in [-0.2, 0) is 14.3 Å². The molecule has 1 rings (SSSR count). The number of esters is 1. The predicted molar refractivity (Wildman–Crippen MR) is 72.5 cm³/mol. The maximum absolute atomic E-state index is 11.6. The van der Waals surface area contributed by atoms with Crippen molar-refractivity contribution in [1.29, 1.82) is 0 Å². The van der Waals surface area contributed by atoms with E-state index in [1.165, 1.54) is 51.4 Å². The lowest BCUT2D eigenvalue weighted by atomic mass is 10.1. The average Bonchev–Trinajstić information content (AvgIpc) is 2.37. The largest absolute Gasteiger partial charge is 0.464 e. The number of carbonyl (C=O) groups excluding carboxylic acids is 1. The third-order valence-electron chi connectivity index (χ3n) is 3.48. The van der Waals surface area contributed by atoms with Crippen molar-refractivity contribution in [2.45, 2.75) is 77.2 Å². The molecule has 0 saturated carbocycles. The Morgan fingerprint density at radius 3 is 1.78 bits per heavy atom. The molecule has 0 amide bonds. The Bertz CT molecular complexity index is 216. The lowest BCUT2D eigenvalue weighted by Gasteiger charge is -2.13. The lowest BCUT2D eigenvalue weighted by Crippen LogP contribution is -2.24. The van der Waals surface area contributed by atoms with Crippen molar-refractivity contribution in [2.24, 2.45) is 0 Å². The van der Waals surface area contributed by atoms with E-state index in [1.807, 2.05) is 0 Å². The van der Waals surface area contributed by atoms with Gasteiger partial charge in [-0.3, -0.25) is 0 Å². The summed E-state index contributed by atoms with van der Waals surface area (Å²) in [5, 5.41) is 0. The average molecular weight is 256 g/mol. The predicted octanol–water partition coefficient (Wildman–Crippen LogP) is 3.85. The minimum atomic E-state index is -0.405. The molecule has 1 atom stereocenters. The van der Waals surface area contributed by atoms with Crippen LogP contribution < -0.4 is 0 Å². The first-order valence-corrected chi connectivity index (χ1v) is 7.59. The van der Waals surface area contributed by atoms with E-state index in [1.54, 1.807) is 6.92 Å². The van der Waals surface area contributed by atoms with Gasteiger partial charge in [-0.25, -0.2) is 4.79 Å². The molecule has 1 fully saturated rings. The van der Waals surface area contributed by atoms with E-state index in [0.29, 0.717) is 13.2 Å². The van der Waals surface area contributed by atoms with Gasteiger partial charge in [0, 0.05) is 6.61 Å². The zero-order valence-electron chi connectivity index (χ0n) is 11.8. The summed E-state index contributed by atoms with van der Waals surface area (Å²) in [6.07, 6.45) is 12.0. The molecular weight excluding hydrogens is 228 g/mol. The maximum Gasteiger partial charge on any atom is 0.334 e. The molecule has 3 heteroatoms. The molecular formula is C15H28O3. The van der Waals surface area contributed by atoms with Crippen molar-refractivity contribution in [3.63, 3.8) is 0 Å².